The number of halogens is 4. The highest BCUT2D eigenvalue weighted by atomic mass is 35.5. The molecule has 0 fully saturated rings. The summed E-state index contributed by atoms with van der Waals surface area (Å²) in [6.45, 7) is 5.17. The highest BCUT2D eigenvalue weighted by Gasteiger charge is 2.34. The van der Waals surface area contributed by atoms with Gasteiger partial charge in [0.2, 0.25) is 0 Å². The van der Waals surface area contributed by atoms with Gasteiger partial charge >= 0.3 is 6.18 Å². The Morgan fingerprint density at radius 2 is 1.82 bits per heavy atom. The smallest absolute Gasteiger partial charge is 0.342 e. The molecule has 0 aromatic carbocycles. The van der Waals surface area contributed by atoms with Crippen LogP contribution in [-0.2, 0) is 6.18 Å². The van der Waals surface area contributed by atoms with E-state index in [4.69, 9.17) is 17.3 Å². The van der Waals surface area contributed by atoms with Crippen LogP contribution in [0.25, 0.3) is 5.57 Å². The van der Waals surface area contributed by atoms with E-state index < -0.39 is 40.8 Å². The van der Waals surface area contributed by atoms with Crippen molar-refractivity contribution in [2.24, 2.45) is 10.7 Å². The van der Waals surface area contributed by atoms with Gasteiger partial charge in [-0.15, -0.1) is 11.3 Å². The molecule has 0 aliphatic rings. The third-order valence-electron chi connectivity index (χ3n) is 4.82. The highest BCUT2D eigenvalue weighted by Crippen LogP contribution is 2.35. The molecule has 4 N–H and O–H groups in total. The maximum atomic E-state index is 13.1. The molecule has 0 bridgehead atoms. The van der Waals surface area contributed by atoms with Gasteiger partial charge in [-0.2, -0.15) is 13.2 Å². The molecule has 2 atom stereocenters. The van der Waals surface area contributed by atoms with E-state index in [0.717, 1.165) is 17.5 Å². The summed E-state index contributed by atoms with van der Waals surface area (Å²) in [5.74, 6) is -1.55. The summed E-state index contributed by atoms with van der Waals surface area (Å²) in [5, 5.41) is 4.83. The summed E-state index contributed by atoms with van der Waals surface area (Å²) < 4.78 is 39.2. The minimum atomic E-state index is -4.71. The lowest BCUT2D eigenvalue weighted by atomic mass is 10.1. The van der Waals surface area contributed by atoms with Gasteiger partial charge in [0, 0.05) is 18.0 Å². The molecule has 0 radical (unpaired) electrons. The van der Waals surface area contributed by atoms with Crippen LogP contribution in [0.2, 0.25) is 5.02 Å². The van der Waals surface area contributed by atoms with Gasteiger partial charge in [0.25, 0.3) is 11.8 Å². The first-order chi connectivity index (χ1) is 17.9. The number of carbonyl (C=O) groups is 2. The van der Waals surface area contributed by atoms with Crippen LogP contribution in [0.4, 0.5) is 19.0 Å². The van der Waals surface area contributed by atoms with E-state index in [1.165, 1.54) is 18.6 Å². The summed E-state index contributed by atoms with van der Waals surface area (Å²) in [7, 11) is 0. The second-order valence-electron chi connectivity index (χ2n) is 7.81. The molecule has 200 valence electrons. The van der Waals surface area contributed by atoms with Gasteiger partial charge in [-0.25, -0.2) is 19.9 Å². The number of thiazole rings is 1. The summed E-state index contributed by atoms with van der Waals surface area (Å²) >= 11 is 6.51. The number of hydrogen-bond donors (Lipinski definition) is 3. The number of nitrogens with two attached hydrogens (primary N) is 1. The average molecular weight is 567 g/mol. The maximum absolute atomic E-state index is 13.1. The van der Waals surface area contributed by atoms with Gasteiger partial charge in [-0.3, -0.25) is 14.6 Å². The van der Waals surface area contributed by atoms with Crippen LogP contribution in [0.3, 0.4) is 0 Å². The average Bonchev–Trinajstić information content (AvgIpc) is 3.36. The SMILES string of the molecule is C/C=C(\C=N/C(C)N)c1cc(C(=O)NC(C)c2ncc(C(=O)Nc3cc(C(F)(F)F)c(Cl)cn3)s2)ncn1. The fraction of sp³-hybridized carbons (Fsp3) is 0.261. The van der Waals surface area contributed by atoms with Gasteiger partial charge in [0.1, 0.15) is 27.7 Å². The lowest BCUT2D eigenvalue weighted by molar-refractivity contribution is -0.137. The van der Waals surface area contributed by atoms with Crippen molar-refractivity contribution in [1.82, 2.24) is 25.3 Å². The molecule has 0 saturated heterocycles. The molecule has 0 spiro atoms. The van der Waals surface area contributed by atoms with Gasteiger partial charge in [0.15, 0.2) is 0 Å². The highest BCUT2D eigenvalue weighted by molar-refractivity contribution is 7.13. The van der Waals surface area contributed by atoms with E-state index in [1.54, 1.807) is 33.1 Å². The summed E-state index contributed by atoms with van der Waals surface area (Å²) in [6, 6.07) is 1.53. The van der Waals surface area contributed by atoms with Crippen molar-refractivity contribution >= 4 is 52.4 Å². The van der Waals surface area contributed by atoms with Gasteiger partial charge in [0.05, 0.1) is 34.7 Å². The second kappa shape index (κ2) is 12.2. The fourth-order valence-electron chi connectivity index (χ4n) is 2.95. The lowest BCUT2D eigenvalue weighted by Crippen LogP contribution is -2.27. The van der Waals surface area contributed by atoms with Crippen molar-refractivity contribution in [3.8, 4) is 0 Å². The van der Waals surface area contributed by atoms with Crippen molar-refractivity contribution < 1.29 is 22.8 Å². The molecular formula is C23H22ClF3N8O2S. The van der Waals surface area contributed by atoms with Crippen molar-refractivity contribution in [2.75, 3.05) is 5.32 Å². The number of hydrogen-bond acceptors (Lipinski definition) is 9. The Labute approximate surface area is 224 Å². The summed E-state index contributed by atoms with van der Waals surface area (Å²) in [4.78, 5) is 45.6. The molecule has 15 heteroatoms. The van der Waals surface area contributed by atoms with Crippen LogP contribution in [0, 0.1) is 0 Å². The maximum Gasteiger partial charge on any atom is 0.418 e. The number of rotatable bonds is 8. The number of aliphatic imine (C=N–C) groups is 1. The largest absolute Gasteiger partial charge is 0.418 e. The van der Waals surface area contributed by atoms with Gasteiger partial charge in [-0.05, 0) is 32.9 Å². The molecule has 2 amide bonds. The minimum absolute atomic E-state index is 0.0965. The molecule has 2 unspecified atom stereocenters. The zero-order chi connectivity index (χ0) is 28.0. The number of amides is 2. The molecule has 10 nitrogen and oxygen atoms in total. The van der Waals surface area contributed by atoms with E-state index >= 15 is 0 Å². The monoisotopic (exact) mass is 566 g/mol. The van der Waals surface area contributed by atoms with Crippen LogP contribution in [0.5, 0.6) is 0 Å². The van der Waals surface area contributed by atoms with Crippen molar-refractivity contribution in [2.45, 2.75) is 39.2 Å². The Morgan fingerprint density at radius 3 is 2.47 bits per heavy atom. The van der Waals surface area contributed by atoms with Crippen molar-refractivity contribution in [3.05, 3.63) is 68.8 Å². The van der Waals surface area contributed by atoms with Crippen LogP contribution >= 0.6 is 22.9 Å². The third-order valence-corrected chi connectivity index (χ3v) is 6.30. The van der Waals surface area contributed by atoms with E-state index in [2.05, 4.69) is 35.6 Å². The Hall–Kier alpha value is -3.75. The zero-order valence-corrected chi connectivity index (χ0v) is 21.8. The van der Waals surface area contributed by atoms with E-state index in [9.17, 15) is 22.8 Å². The number of aromatic nitrogens is 4. The van der Waals surface area contributed by atoms with Crippen LogP contribution in [0.1, 0.15) is 63.2 Å². The van der Waals surface area contributed by atoms with Crippen LogP contribution < -0.4 is 16.4 Å². The molecule has 0 aliphatic heterocycles. The number of nitrogens with one attached hydrogen (secondary N) is 2. The zero-order valence-electron chi connectivity index (χ0n) is 20.2. The van der Waals surface area contributed by atoms with Crippen molar-refractivity contribution in [3.63, 3.8) is 0 Å². The van der Waals surface area contributed by atoms with E-state index in [1.807, 2.05) is 0 Å². The Morgan fingerprint density at radius 1 is 1.11 bits per heavy atom. The molecule has 0 saturated carbocycles. The minimum Gasteiger partial charge on any atom is -0.342 e. The topological polar surface area (TPSA) is 148 Å². The lowest BCUT2D eigenvalue weighted by Gasteiger charge is -2.11. The second-order valence-corrected chi connectivity index (χ2v) is 9.28. The molecule has 3 aromatic rings. The number of pyridine rings is 1. The number of carbonyl (C=O) groups excluding carboxylic acids is 2. The molecule has 3 rings (SSSR count). The quantitative estimate of drug-likeness (QED) is 0.339. The molecule has 3 aromatic heterocycles. The molecule has 38 heavy (non-hydrogen) atoms. The summed E-state index contributed by atoms with van der Waals surface area (Å²) in [5.41, 5.74) is 5.75. The first kappa shape index (κ1) is 28.8. The van der Waals surface area contributed by atoms with Gasteiger partial charge in [-0.1, -0.05) is 17.7 Å². The van der Waals surface area contributed by atoms with Gasteiger partial charge < -0.3 is 16.4 Å². The molecule has 3 heterocycles. The predicted molar refractivity (Wildman–Crippen MR) is 138 cm³/mol. The van der Waals surface area contributed by atoms with E-state index in [-0.39, 0.29) is 16.4 Å². The van der Waals surface area contributed by atoms with E-state index in [0.29, 0.717) is 22.3 Å². The first-order valence-corrected chi connectivity index (χ1v) is 12.2. The molecule has 0 aliphatic carbocycles. The first-order valence-electron chi connectivity index (χ1n) is 11.0. The summed E-state index contributed by atoms with van der Waals surface area (Å²) in [6.07, 6.45) is 1.52. The standard InChI is InChI=1S/C23H22ClF3N8O2S/c1-4-13(7-29-12(3)28)16-6-17(33-10-32-16)20(36)34-11(2)22-31-9-18(38-22)21(37)35-19-5-14(23(25,26)27)15(24)8-30-19/h4-12H,28H2,1-3H3,(H,34,36)(H,30,35,37)/b13-4+,29-7-. The number of nitrogens with zero attached hydrogens (tertiary/aromatic N) is 5. The third kappa shape index (κ3) is 7.40. The van der Waals surface area contributed by atoms with Crippen LogP contribution in [0.15, 0.2) is 41.9 Å². The fourth-order valence-corrected chi connectivity index (χ4v) is 3.98. The normalized spacial score (nSPS) is 13.8. The molecular weight excluding hydrogens is 545 g/mol. The Balaban J connectivity index is 1.69. The Bertz CT molecular complexity index is 1390. The number of allylic oxidation sites excluding steroid dienone is 2. The Kier molecular flexibility index (Phi) is 9.25. The number of alkyl halides is 3. The predicted octanol–water partition coefficient (Wildman–Crippen LogP) is 4.52. The number of anilines is 1. The van der Waals surface area contributed by atoms with Crippen LogP contribution in [-0.4, -0.2) is 44.1 Å². The van der Waals surface area contributed by atoms with Crippen molar-refractivity contribution in [1.29, 1.82) is 0 Å².